The topological polar surface area (TPSA) is 57.6 Å². The predicted octanol–water partition coefficient (Wildman–Crippen LogP) is 9.13. The average molecular weight is 604 g/mol. The molecule has 6 heteroatoms. The molecule has 0 saturated heterocycles. The van der Waals surface area contributed by atoms with Gasteiger partial charge in [-0.15, -0.1) is 0 Å². The number of pyridine rings is 1. The normalized spacial score (nSPS) is 11.9. The SMILES string of the molecule is O=c1c2cnc(-n3c4ccccc4c4c3ccc3c5ccccc5n(-c5ccccc5)c34)nc2c2ccccc2n1-c1ccccc1. The largest absolute Gasteiger partial charge is 0.309 e. The number of nitrogens with zero attached hydrogens (tertiary/aromatic N) is 5. The molecule has 10 rings (SSSR count). The third-order valence-corrected chi connectivity index (χ3v) is 9.31. The zero-order valence-corrected chi connectivity index (χ0v) is 25.1. The molecule has 0 atom stereocenters. The van der Waals surface area contributed by atoms with Gasteiger partial charge >= 0.3 is 0 Å². The molecule has 220 valence electrons. The van der Waals surface area contributed by atoms with Crippen molar-refractivity contribution in [2.45, 2.75) is 0 Å². The molecule has 6 aromatic carbocycles. The van der Waals surface area contributed by atoms with E-state index in [0.29, 0.717) is 16.9 Å². The van der Waals surface area contributed by atoms with Crippen LogP contribution in [0.15, 0.2) is 157 Å². The van der Waals surface area contributed by atoms with E-state index in [1.807, 2.05) is 60.7 Å². The fraction of sp³-hybridized carbons (Fsp3) is 0. The van der Waals surface area contributed by atoms with Crippen LogP contribution in [0.3, 0.4) is 0 Å². The molecule has 10 aromatic rings. The Morgan fingerprint density at radius 1 is 0.426 bits per heavy atom. The summed E-state index contributed by atoms with van der Waals surface area (Å²) in [6, 6.07) is 49.6. The van der Waals surface area contributed by atoms with Crippen molar-refractivity contribution < 1.29 is 0 Å². The molecule has 0 N–H and O–H groups in total. The van der Waals surface area contributed by atoms with Crippen molar-refractivity contribution in [1.82, 2.24) is 23.7 Å². The first kappa shape index (κ1) is 25.8. The Morgan fingerprint density at radius 3 is 1.68 bits per heavy atom. The highest BCUT2D eigenvalue weighted by atomic mass is 16.1. The Labute approximate surface area is 268 Å². The molecule has 6 nitrogen and oxygen atoms in total. The summed E-state index contributed by atoms with van der Waals surface area (Å²) in [6.07, 6.45) is 1.69. The first-order chi connectivity index (χ1) is 23.3. The lowest BCUT2D eigenvalue weighted by atomic mass is 10.1. The van der Waals surface area contributed by atoms with E-state index in [9.17, 15) is 4.79 Å². The summed E-state index contributed by atoms with van der Waals surface area (Å²) in [5.74, 6) is 0.521. The molecule has 0 aliphatic carbocycles. The minimum atomic E-state index is -0.146. The highest BCUT2D eigenvalue weighted by Gasteiger charge is 2.22. The second kappa shape index (κ2) is 9.73. The van der Waals surface area contributed by atoms with Gasteiger partial charge in [0.05, 0.1) is 38.5 Å². The van der Waals surface area contributed by atoms with Gasteiger partial charge in [-0.1, -0.05) is 97.1 Å². The fourth-order valence-electron chi connectivity index (χ4n) is 7.34. The van der Waals surface area contributed by atoms with Gasteiger partial charge in [0, 0.05) is 44.5 Å². The van der Waals surface area contributed by atoms with Gasteiger partial charge in [-0.05, 0) is 48.5 Å². The minimum Gasteiger partial charge on any atom is -0.309 e. The summed E-state index contributed by atoms with van der Waals surface area (Å²) in [7, 11) is 0. The second-order valence-corrected chi connectivity index (χ2v) is 11.8. The lowest BCUT2D eigenvalue weighted by Crippen LogP contribution is -2.20. The summed E-state index contributed by atoms with van der Waals surface area (Å²) >= 11 is 0. The van der Waals surface area contributed by atoms with E-state index in [0.717, 1.165) is 55.1 Å². The van der Waals surface area contributed by atoms with Gasteiger partial charge in [-0.25, -0.2) is 9.97 Å². The van der Waals surface area contributed by atoms with E-state index in [1.165, 1.54) is 10.8 Å². The van der Waals surface area contributed by atoms with Crippen LogP contribution >= 0.6 is 0 Å². The van der Waals surface area contributed by atoms with Crippen LogP contribution in [-0.2, 0) is 0 Å². The first-order valence-electron chi connectivity index (χ1n) is 15.6. The number of hydrogen-bond acceptors (Lipinski definition) is 3. The van der Waals surface area contributed by atoms with Crippen LogP contribution in [0.4, 0.5) is 0 Å². The van der Waals surface area contributed by atoms with Crippen molar-refractivity contribution in [3.05, 3.63) is 162 Å². The van der Waals surface area contributed by atoms with Crippen LogP contribution in [0.2, 0.25) is 0 Å². The molecular formula is C41H25N5O. The summed E-state index contributed by atoms with van der Waals surface area (Å²) in [5, 5.41) is 6.00. The summed E-state index contributed by atoms with van der Waals surface area (Å²) < 4.78 is 6.25. The fourth-order valence-corrected chi connectivity index (χ4v) is 7.34. The molecular weight excluding hydrogens is 578 g/mol. The minimum absolute atomic E-state index is 0.146. The summed E-state index contributed by atoms with van der Waals surface area (Å²) in [6.45, 7) is 0. The molecule has 0 radical (unpaired) electrons. The maximum atomic E-state index is 14.0. The number of para-hydroxylation sites is 5. The smallest absolute Gasteiger partial charge is 0.266 e. The van der Waals surface area contributed by atoms with Gasteiger partial charge in [0.1, 0.15) is 0 Å². The van der Waals surface area contributed by atoms with Gasteiger partial charge < -0.3 is 4.57 Å². The first-order valence-corrected chi connectivity index (χ1v) is 15.6. The zero-order chi connectivity index (χ0) is 31.1. The molecule has 4 heterocycles. The van der Waals surface area contributed by atoms with Crippen molar-refractivity contribution in [3.8, 4) is 17.3 Å². The standard InChI is InChI=1S/C41H25N5O/c47-40-32-25-42-41(43-38(32)31-19-9-12-22-35(31)45(40)27-15-5-2-6-16-27)46-34-21-11-8-18-30(34)37-36(46)24-23-29-28-17-7-10-20-33(28)44(39(29)37)26-13-3-1-4-14-26/h1-25H. The summed E-state index contributed by atoms with van der Waals surface area (Å²) in [4.78, 5) is 24.1. The predicted molar refractivity (Wildman–Crippen MR) is 191 cm³/mol. The molecule has 47 heavy (non-hydrogen) atoms. The number of fused-ring (bicyclic) bond motifs is 10. The lowest BCUT2D eigenvalue weighted by molar-refractivity contribution is 1.00. The van der Waals surface area contributed by atoms with Gasteiger partial charge in [-0.2, -0.15) is 0 Å². The number of benzene rings is 6. The Bertz CT molecular complexity index is 2920. The van der Waals surface area contributed by atoms with Crippen LogP contribution in [0, 0.1) is 0 Å². The lowest BCUT2D eigenvalue weighted by Gasteiger charge is -2.14. The van der Waals surface area contributed by atoms with Crippen LogP contribution < -0.4 is 5.56 Å². The van der Waals surface area contributed by atoms with E-state index >= 15 is 0 Å². The molecule has 0 unspecified atom stereocenters. The molecule has 0 saturated carbocycles. The third kappa shape index (κ3) is 3.58. The van der Waals surface area contributed by atoms with Crippen molar-refractivity contribution >= 4 is 65.4 Å². The van der Waals surface area contributed by atoms with E-state index in [-0.39, 0.29) is 5.56 Å². The average Bonchev–Trinajstić information content (AvgIpc) is 3.65. The monoisotopic (exact) mass is 603 g/mol. The maximum absolute atomic E-state index is 14.0. The van der Waals surface area contributed by atoms with E-state index in [2.05, 4.69) is 94.1 Å². The van der Waals surface area contributed by atoms with Crippen LogP contribution in [0.1, 0.15) is 0 Å². The van der Waals surface area contributed by atoms with Crippen LogP contribution in [-0.4, -0.2) is 23.7 Å². The van der Waals surface area contributed by atoms with Crippen LogP contribution in [0.5, 0.6) is 0 Å². The van der Waals surface area contributed by atoms with Crippen molar-refractivity contribution in [2.75, 3.05) is 0 Å². The second-order valence-electron chi connectivity index (χ2n) is 11.8. The molecule has 0 aliphatic heterocycles. The molecule has 0 aliphatic rings. The maximum Gasteiger partial charge on any atom is 0.266 e. The van der Waals surface area contributed by atoms with E-state index in [4.69, 9.17) is 9.97 Å². The van der Waals surface area contributed by atoms with Gasteiger partial charge in [-0.3, -0.25) is 13.9 Å². The highest BCUT2D eigenvalue weighted by molar-refractivity contribution is 6.26. The van der Waals surface area contributed by atoms with Gasteiger partial charge in [0.25, 0.3) is 5.56 Å². The van der Waals surface area contributed by atoms with Crippen molar-refractivity contribution in [3.63, 3.8) is 0 Å². The zero-order valence-electron chi connectivity index (χ0n) is 25.1. The van der Waals surface area contributed by atoms with E-state index in [1.54, 1.807) is 10.8 Å². The Kier molecular flexibility index (Phi) is 5.33. The van der Waals surface area contributed by atoms with Crippen molar-refractivity contribution in [2.24, 2.45) is 0 Å². The molecule has 4 aromatic heterocycles. The number of aromatic nitrogens is 5. The number of hydrogen-bond donors (Lipinski definition) is 0. The third-order valence-electron chi connectivity index (χ3n) is 9.31. The molecule has 0 fully saturated rings. The van der Waals surface area contributed by atoms with Gasteiger partial charge in [0.2, 0.25) is 5.95 Å². The Hall–Kier alpha value is -6.53. The highest BCUT2D eigenvalue weighted by Crippen LogP contribution is 2.41. The molecule has 0 spiro atoms. The number of rotatable bonds is 3. The Balaban J connectivity index is 1.33. The van der Waals surface area contributed by atoms with E-state index < -0.39 is 0 Å². The molecule has 0 amide bonds. The summed E-state index contributed by atoms with van der Waals surface area (Å²) in [5.41, 5.74) is 7.49. The van der Waals surface area contributed by atoms with Crippen molar-refractivity contribution in [1.29, 1.82) is 0 Å². The van der Waals surface area contributed by atoms with Gasteiger partial charge in [0.15, 0.2) is 0 Å². The Morgan fingerprint density at radius 2 is 0.979 bits per heavy atom. The quantitative estimate of drug-likeness (QED) is 0.189. The van der Waals surface area contributed by atoms with Crippen LogP contribution in [0.25, 0.3) is 82.7 Å². The molecule has 0 bridgehead atoms.